The van der Waals surface area contributed by atoms with Gasteiger partial charge in [0, 0.05) is 17.4 Å². The number of rotatable bonds is 9. The maximum atomic E-state index is 13.8. The summed E-state index contributed by atoms with van der Waals surface area (Å²) in [5.41, 5.74) is 0.261. The van der Waals surface area contributed by atoms with Crippen LogP contribution in [-0.4, -0.2) is 26.5 Å². The number of sulfone groups is 1. The molecule has 1 unspecified atom stereocenters. The minimum Gasteiger partial charge on any atom is -0.310 e. The van der Waals surface area contributed by atoms with Crippen LogP contribution in [0.4, 0.5) is 8.78 Å². The van der Waals surface area contributed by atoms with E-state index in [-0.39, 0.29) is 23.1 Å². The van der Waals surface area contributed by atoms with Gasteiger partial charge in [-0.25, -0.2) is 17.2 Å². The van der Waals surface area contributed by atoms with Crippen molar-refractivity contribution in [3.8, 4) is 0 Å². The van der Waals surface area contributed by atoms with Crippen molar-refractivity contribution in [2.24, 2.45) is 0 Å². The van der Waals surface area contributed by atoms with E-state index in [2.05, 4.69) is 5.32 Å². The van der Waals surface area contributed by atoms with E-state index in [4.69, 9.17) is 0 Å². The van der Waals surface area contributed by atoms with Gasteiger partial charge in [-0.3, -0.25) is 0 Å². The van der Waals surface area contributed by atoms with Gasteiger partial charge in [-0.1, -0.05) is 13.8 Å². The van der Waals surface area contributed by atoms with Gasteiger partial charge in [-0.05, 0) is 44.0 Å². The van der Waals surface area contributed by atoms with Gasteiger partial charge in [-0.15, -0.1) is 0 Å². The summed E-state index contributed by atoms with van der Waals surface area (Å²) in [5.74, 6) is -0.779. The quantitative estimate of drug-likeness (QED) is 0.760. The average Bonchev–Trinajstić information content (AvgIpc) is 2.45. The Morgan fingerprint density at radius 3 is 2.57 bits per heavy atom. The first kappa shape index (κ1) is 18.0. The van der Waals surface area contributed by atoms with E-state index in [0.29, 0.717) is 19.4 Å². The number of benzene rings is 1. The molecule has 0 aliphatic heterocycles. The van der Waals surface area contributed by atoms with Gasteiger partial charge in [0.05, 0.1) is 5.75 Å². The Balaban J connectivity index is 2.78. The summed E-state index contributed by atoms with van der Waals surface area (Å²) in [4.78, 5) is 0. The van der Waals surface area contributed by atoms with Crippen molar-refractivity contribution < 1.29 is 17.2 Å². The maximum absolute atomic E-state index is 13.8. The number of nitrogens with one attached hydrogen (secondary N) is 1. The third-order valence-electron chi connectivity index (χ3n) is 3.36. The summed E-state index contributed by atoms with van der Waals surface area (Å²) in [7, 11) is -3.03. The number of hydrogen-bond acceptors (Lipinski definition) is 3. The van der Waals surface area contributed by atoms with Crippen LogP contribution in [0.2, 0.25) is 0 Å². The first-order valence-corrected chi connectivity index (χ1v) is 9.10. The molecule has 3 nitrogen and oxygen atoms in total. The predicted molar refractivity (Wildman–Crippen MR) is 81.0 cm³/mol. The smallest absolute Gasteiger partial charge is 0.150 e. The van der Waals surface area contributed by atoms with Gasteiger partial charge in [0.25, 0.3) is 0 Å². The van der Waals surface area contributed by atoms with Crippen LogP contribution in [-0.2, 0) is 9.84 Å². The molecular formula is C15H23F2NO2S. The second-order valence-corrected chi connectivity index (χ2v) is 7.52. The van der Waals surface area contributed by atoms with E-state index in [9.17, 15) is 17.2 Å². The Kier molecular flexibility index (Phi) is 7.25. The summed E-state index contributed by atoms with van der Waals surface area (Å²) in [6.07, 6.45) is 1.74. The standard InChI is InChI=1S/C15H23F2NO2S/c1-3-9-18-15(6-5-10-21(19,20)4-2)13-11-12(16)7-8-14(13)17/h7-8,11,15,18H,3-6,9-10H2,1-2H3. The highest BCUT2D eigenvalue weighted by Crippen LogP contribution is 2.23. The van der Waals surface area contributed by atoms with Crippen LogP contribution in [0, 0.1) is 11.6 Å². The highest BCUT2D eigenvalue weighted by Gasteiger charge is 2.17. The molecule has 0 spiro atoms. The molecule has 1 rings (SSSR count). The molecule has 0 amide bonds. The van der Waals surface area contributed by atoms with Crippen LogP contribution >= 0.6 is 0 Å². The van der Waals surface area contributed by atoms with Crippen LogP contribution in [0.5, 0.6) is 0 Å². The van der Waals surface area contributed by atoms with Crippen LogP contribution in [0.25, 0.3) is 0 Å². The van der Waals surface area contributed by atoms with Gasteiger partial charge >= 0.3 is 0 Å². The largest absolute Gasteiger partial charge is 0.310 e. The van der Waals surface area contributed by atoms with E-state index >= 15 is 0 Å². The minimum absolute atomic E-state index is 0.0741. The zero-order valence-corrected chi connectivity index (χ0v) is 13.3. The Bertz CT molecular complexity index is 547. The number of halogens is 2. The summed E-state index contributed by atoms with van der Waals surface area (Å²) in [6.45, 7) is 4.25. The minimum atomic E-state index is -3.03. The van der Waals surface area contributed by atoms with Crippen LogP contribution in [0.15, 0.2) is 18.2 Å². The average molecular weight is 319 g/mol. The lowest BCUT2D eigenvalue weighted by atomic mass is 10.0. The monoisotopic (exact) mass is 319 g/mol. The molecule has 1 atom stereocenters. The van der Waals surface area contributed by atoms with E-state index in [1.165, 1.54) is 6.07 Å². The lowest BCUT2D eigenvalue weighted by Crippen LogP contribution is -2.24. The molecular weight excluding hydrogens is 296 g/mol. The molecule has 0 heterocycles. The summed E-state index contributed by atoms with van der Waals surface area (Å²) in [5, 5.41) is 3.16. The maximum Gasteiger partial charge on any atom is 0.150 e. The number of hydrogen-bond donors (Lipinski definition) is 1. The highest BCUT2D eigenvalue weighted by molar-refractivity contribution is 7.91. The first-order valence-electron chi connectivity index (χ1n) is 7.28. The van der Waals surface area contributed by atoms with E-state index in [0.717, 1.165) is 18.6 Å². The predicted octanol–water partition coefficient (Wildman–Crippen LogP) is 3.22. The molecule has 6 heteroatoms. The molecule has 0 saturated heterocycles. The van der Waals surface area contributed by atoms with Gasteiger partial charge in [-0.2, -0.15) is 0 Å². The lowest BCUT2D eigenvalue weighted by Gasteiger charge is -2.19. The molecule has 0 aliphatic rings. The fraction of sp³-hybridized carbons (Fsp3) is 0.600. The zero-order valence-electron chi connectivity index (χ0n) is 12.5. The van der Waals surface area contributed by atoms with Crippen molar-refractivity contribution in [3.05, 3.63) is 35.4 Å². The van der Waals surface area contributed by atoms with Gasteiger partial charge in [0.2, 0.25) is 0 Å². The summed E-state index contributed by atoms with van der Waals surface area (Å²) in [6, 6.07) is 3.00. The zero-order chi connectivity index (χ0) is 15.9. The van der Waals surface area contributed by atoms with Gasteiger partial charge < -0.3 is 5.32 Å². The molecule has 0 saturated carbocycles. The van der Waals surface area contributed by atoms with Crippen molar-refractivity contribution >= 4 is 9.84 Å². The Morgan fingerprint density at radius 1 is 1.24 bits per heavy atom. The molecule has 1 aromatic rings. The summed E-state index contributed by atoms with van der Waals surface area (Å²) < 4.78 is 50.2. The van der Waals surface area contributed by atoms with Crippen molar-refractivity contribution in [1.82, 2.24) is 5.32 Å². The molecule has 1 aromatic carbocycles. The molecule has 21 heavy (non-hydrogen) atoms. The SMILES string of the molecule is CCCNC(CCCS(=O)(=O)CC)c1cc(F)ccc1F. The highest BCUT2D eigenvalue weighted by atomic mass is 32.2. The van der Waals surface area contributed by atoms with Gasteiger partial charge in [0.1, 0.15) is 21.5 Å². The third kappa shape index (κ3) is 6.09. The molecule has 1 N–H and O–H groups in total. The molecule has 0 radical (unpaired) electrons. The molecule has 0 fully saturated rings. The molecule has 0 aliphatic carbocycles. The summed E-state index contributed by atoms with van der Waals surface area (Å²) >= 11 is 0. The second-order valence-electron chi connectivity index (χ2n) is 5.05. The van der Waals surface area contributed by atoms with E-state index in [1.807, 2.05) is 6.92 Å². The van der Waals surface area contributed by atoms with Crippen LogP contribution < -0.4 is 5.32 Å². The van der Waals surface area contributed by atoms with E-state index in [1.54, 1.807) is 6.92 Å². The fourth-order valence-corrected chi connectivity index (χ4v) is 3.01. The molecule has 120 valence electrons. The third-order valence-corrected chi connectivity index (χ3v) is 5.15. The van der Waals surface area contributed by atoms with Crippen molar-refractivity contribution in [3.63, 3.8) is 0 Å². The first-order chi connectivity index (χ1) is 9.89. The van der Waals surface area contributed by atoms with Crippen molar-refractivity contribution in [2.75, 3.05) is 18.1 Å². The van der Waals surface area contributed by atoms with Crippen molar-refractivity contribution in [1.29, 1.82) is 0 Å². The topological polar surface area (TPSA) is 46.2 Å². The molecule has 0 aromatic heterocycles. The van der Waals surface area contributed by atoms with E-state index < -0.39 is 21.5 Å². The lowest BCUT2D eigenvalue weighted by molar-refractivity contribution is 0.464. The second kappa shape index (κ2) is 8.44. The Hall–Kier alpha value is -1.01. The normalized spacial score (nSPS) is 13.3. The van der Waals surface area contributed by atoms with Crippen LogP contribution in [0.1, 0.15) is 44.7 Å². The Morgan fingerprint density at radius 2 is 1.95 bits per heavy atom. The van der Waals surface area contributed by atoms with Crippen molar-refractivity contribution in [2.45, 2.75) is 39.2 Å². The van der Waals surface area contributed by atoms with Crippen LogP contribution in [0.3, 0.4) is 0 Å². The molecule has 0 bridgehead atoms. The fourth-order valence-electron chi connectivity index (χ4n) is 2.12. The Labute approximate surface area is 125 Å². The van der Waals surface area contributed by atoms with Gasteiger partial charge in [0.15, 0.2) is 0 Å².